The molecule has 6 nitrogen and oxygen atoms in total. The van der Waals surface area contributed by atoms with E-state index in [9.17, 15) is 14.4 Å². The molecule has 0 radical (unpaired) electrons. The Labute approximate surface area is 131 Å². The van der Waals surface area contributed by atoms with Crippen molar-refractivity contribution in [1.82, 2.24) is 10.6 Å². The fourth-order valence-electron chi connectivity index (χ4n) is 2.19. The summed E-state index contributed by atoms with van der Waals surface area (Å²) in [5.74, 6) is -1.27. The van der Waals surface area contributed by atoms with Gasteiger partial charge in [-0.1, -0.05) is 37.5 Å². The minimum atomic E-state index is -1.03. The van der Waals surface area contributed by atoms with Crippen LogP contribution in [0.15, 0.2) is 24.3 Å². The number of esters is 1. The van der Waals surface area contributed by atoms with Gasteiger partial charge in [-0.05, 0) is 26.7 Å². The highest BCUT2D eigenvalue weighted by Crippen LogP contribution is 2.17. The Hall–Kier alpha value is -2.11. The summed E-state index contributed by atoms with van der Waals surface area (Å²) in [7, 11) is 0. The van der Waals surface area contributed by atoms with Gasteiger partial charge < -0.3 is 10.1 Å². The van der Waals surface area contributed by atoms with E-state index in [0.29, 0.717) is 0 Å². The average Bonchev–Trinajstić information content (AvgIpc) is 2.48. The zero-order valence-corrected chi connectivity index (χ0v) is 13.1. The van der Waals surface area contributed by atoms with Crippen LogP contribution in [0.1, 0.15) is 46.0 Å². The van der Waals surface area contributed by atoms with Gasteiger partial charge in [0, 0.05) is 12.1 Å². The van der Waals surface area contributed by atoms with Gasteiger partial charge in [0.1, 0.15) is 0 Å². The maximum absolute atomic E-state index is 11.8. The average molecular weight is 308 g/mol. The van der Waals surface area contributed by atoms with E-state index in [-0.39, 0.29) is 6.04 Å². The molecule has 6 heteroatoms. The molecule has 0 aliphatic heterocycles. The molecule has 1 aliphatic carbocycles. The number of imide groups is 1. The van der Waals surface area contributed by atoms with E-state index in [1.807, 2.05) is 6.92 Å². The number of ether oxygens (including phenoxy) is 1. The van der Waals surface area contributed by atoms with Gasteiger partial charge in [-0.2, -0.15) is 0 Å². The Kier molecular flexibility index (Phi) is 7.96. The van der Waals surface area contributed by atoms with Crippen LogP contribution in [-0.4, -0.2) is 30.1 Å². The molecule has 0 unspecified atom stereocenters. The van der Waals surface area contributed by atoms with Crippen molar-refractivity contribution >= 4 is 17.9 Å². The van der Waals surface area contributed by atoms with Crippen LogP contribution in [-0.2, 0) is 14.3 Å². The normalized spacial score (nSPS) is 17.4. The highest BCUT2D eigenvalue weighted by atomic mass is 16.5. The molecule has 1 saturated carbocycles. The van der Waals surface area contributed by atoms with Gasteiger partial charge in [0.15, 0.2) is 6.10 Å². The Morgan fingerprint density at radius 3 is 2.45 bits per heavy atom. The number of carbonyl (C=O) groups excluding carboxylic acids is 3. The lowest BCUT2D eigenvalue weighted by molar-refractivity contribution is -0.149. The molecule has 0 bridgehead atoms. The van der Waals surface area contributed by atoms with Crippen LogP contribution in [0.2, 0.25) is 0 Å². The predicted octanol–water partition coefficient (Wildman–Crippen LogP) is 2.21. The van der Waals surface area contributed by atoms with E-state index in [4.69, 9.17) is 4.74 Å². The van der Waals surface area contributed by atoms with Crippen LogP contribution in [0, 0.1) is 0 Å². The third kappa shape index (κ3) is 7.06. The quantitative estimate of drug-likeness (QED) is 0.463. The van der Waals surface area contributed by atoms with Crippen LogP contribution in [0.4, 0.5) is 4.79 Å². The highest BCUT2D eigenvalue weighted by Gasteiger charge is 2.21. The van der Waals surface area contributed by atoms with Gasteiger partial charge in [-0.25, -0.2) is 9.59 Å². The Morgan fingerprint density at radius 2 is 1.82 bits per heavy atom. The number of allylic oxidation sites excluding steroid dienone is 3. The molecule has 2 N–H and O–H groups in total. The van der Waals surface area contributed by atoms with Gasteiger partial charge in [-0.15, -0.1) is 0 Å². The zero-order valence-electron chi connectivity index (χ0n) is 13.1. The number of rotatable bonds is 5. The molecular formula is C16H24N2O4. The van der Waals surface area contributed by atoms with Gasteiger partial charge in [0.05, 0.1) is 0 Å². The Morgan fingerprint density at radius 1 is 1.14 bits per heavy atom. The molecule has 1 fully saturated rings. The second-order valence-electron chi connectivity index (χ2n) is 5.26. The largest absolute Gasteiger partial charge is 0.449 e. The van der Waals surface area contributed by atoms with Crippen molar-refractivity contribution in [3.8, 4) is 0 Å². The van der Waals surface area contributed by atoms with Crippen molar-refractivity contribution in [2.45, 2.75) is 58.1 Å². The second kappa shape index (κ2) is 9.76. The fraction of sp³-hybridized carbons (Fsp3) is 0.562. The third-order valence-corrected chi connectivity index (χ3v) is 3.38. The predicted molar refractivity (Wildman–Crippen MR) is 83.1 cm³/mol. The monoisotopic (exact) mass is 308 g/mol. The van der Waals surface area contributed by atoms with Gasteiger partial charge >= 0.3 is 12.0 Å². The lowest BCUT2D eigenvalue weighted by atomic mass is 9.96. The Bertz CT molecular complexity index is 451. The molecule has 0 aromatic heterocycles. The Balaban J connectivity index is 2.33. The minimum Gasteiger partial charge on any atom is -0.449 e. The molecule has 3 amide bonds. The number of urea groups is 1. The standard InChI is InChI=1S/C16H24N2O4/c1-3-4-6-11-14(19)22-12(2)15(20)18-16(21)17-13-9-7-5-8-10-13/h3-4,6,11-13H,5,7-10H2,1-2H3,(H2,17,18,20,21)/b4-3+,11-6+/t12-/m1/s1. The van der Waals surface area contributed by atoms with Crippen molar-refractivity contribution in [3.05, 3.63) is 24.3 Å². The summed E-state index contributed by atoms with van der Waals surface area (Å²) in [5.41, 5.74) is 0. The summed E-state index contributed by atoms with van der Waals surface area (Å²) in [6.45, 7) is 3.24. The van der Waals surface area contributed by atoms with Crippen molar-refractivity contribution in [2.75, 3.05) is 0 Å². The van der Waals surface area contributed by atoms with E-state index in [1.54, 1.807) is 12.2 Å². The second-order valence-corrected chi connectivity index (χ2v) is 5.26. The molecule has 122 valence electrons. The van der Waals surface area contributed by atoms with E-state index in [2.05, 4.69) is 10.6 Å². The number of amides is 3. The zero-order chi connectivity index (χ0) is 16.4. The first-order valence-electron chi connectivity index (χ1n) is 7.64. The van der Waals surface area contributed by atoms with Crippen LogP contribution >= 0.6 is 0 Å². The van der Waals surface area contributed by atoms with Crippen molar-refractivity contribution in [3.63, 3.8) is 0 Å². The number of hydrogen-bond acceptors (Lipinski definition) is 4. The molecule has 1 atom stereocenters. The topological polar surface area (TPSA) is 84.5 Å². The van der Waals surface area contributed by atoms with Crippen molar-refractivity contribution in [2.24, 2.45) is 0 Å². The van der Waals surface area contributed by atoms with Crippen molar-refractivity contribution < 1.29 is 19.1 Å². The highest BCUT2D eigenvalue weighted by molar-refractivity contribution is 5.97. The molecule has 1 rings (SSSR count). The summed E-state index contributed by atoms with van der Waals surface area (Å²) >= 11 is 0. The lowest BCUT2D eigenvalue weighted by Crippen LogP contribution is -2.48. The summed E-state index contributed by atoms with van der Waals surface area (Å²) in [6, 6.07) is -0.424. The third-order valence-electron chi connectivity index (χ3n) is 3.38. The first kappa shape index (κ1) is 17.9. The SMILES string of the molecule is C/C=C/C=C/C(=O)O[C@H](C)C(=O)NC(=O)NC1CCCCC1. The molecule has 0 spiro atoms. The molecule has 0 aromatic carbocycles. The molecule has 0 heterocycles. The number of nitrogens with one attached hydrogen (secondary N) is 2. The van der Waals surface area contributed by atoms with Crippen LogP contribution in [0.25, 0.3) is 0 Å². The van der Waals surface area contributed by atoms with E-state index >= 15 is 0 Å². The molecule has 0 saturated heterocycles. The summed E-state index contributed by atoms with van der Waals surface area (Å²) in [4.78, 5) is 34.9. The first-order chi connectivity index (χ1) is 10.5. The molecule has 22 heavy (non-hydrogen) atoms. The maximum Gasteiger partial charge on any atom is 0.331 e. The van der Waals surface area contributed by atoms with E-state index in [1.165, 1.54) is 25.5 Å². The first-order valence-corrected chi connectivity index (χ1v) is 7.64. The lowest BCUT2D eigenvalue weighted by Gasteiger charge is -2.23. The smallest absolute Gasteiger partial charge is 0.331 e. The van der Waals surface area contributed by atoms with Crippen LogP contribution in [0.5, 0.6) is 0 Å². The summed E-state index contributed by atoms with van der Waals surface area (Å²) in [6.07, 6.45) is 10.4. The molecule has 1 aliphatic rings. The van der Waals surface area contributed by atoms with Gasteiger partial charge in [0.2, 0.25) is 0 Å². The van der Waals surface area contributed by atoms with Gasteiger partial charge in [-0.3, -0.25) is 10.1 Å². The van der Waals surface area contributed by atoms with Crippen LogP contribution < -0.4 is 10.6 Å². The van der Waals surface area contributed by atoms with E-state index < -0.39 is 24.0 Å². The summed E-state index contributed by atoms with van der Waals surface area (Å²) < 4.78 is 4.90. The number of hydrogen-bond donors (Lipinski definition) is 2. The maximum atomic E-state index is 11.8. The molecular weight excluding hydrogens is 284 g/mol. The summed E-state index contributed by atoms with van der Waals surface area (Å²) in [5, 5.41) is 4.96. The van der Waals surface area contributed by atoms with Gasteiger partial charge in [0.25, 0.3) is 5.91 Å². The fourth-order valence-corrected chi connectivity index (χ4v) is 2.19. The van der Waals surface area contributed by atoms with E-state index in [0.717, 1.165) is 25.7 Å². The molecule has 0 aromatic rings. The van der Waals surface area contributed by atoms with Crippen molar-refractivity contribution in [1.29, 1.82) is 0 Å². The minimum absolute atomic E-state index is 0.114. The van der Waals surface area contributed by atoms with Crippen LogP contribution in [0.3, 0.4) is 0 Å². The number of carbonyl (C=O) groups is 3.